The second-order valence-corrected chi connectivity index (χ2v) is 8.45. The Morgan fingerprint density at radius 2 is 1.85 bits per heavy atom. The standard InChI is InChI=1S/C24H30N2O7/c1-4-13(2)21(23(29)30)26-19(27)11-25-20(28)12-32-18-10-9-16-15-7-5-6-8-17(15)24(31)33-22(16)14(18)3/h9-10,13,21H,4-8,11-12H2,1-3H3,(H,25,28)(H,26,27)(H,29,30). The molecule has 2 aromatic rings. The summed E-state index contributed by atoms with van der Waals surface area (Å²) in [6.45, 7) is 4.63. The maximum absolute atomic E-state index is 12.4. The molecule has 9 nitrogen and oxygen atoms in total. The zero-order valence-electron chi connectivity index (χ0n) is 19.2. The van der Waals surface area contributed by atoms with Gasteiger partial charge in [0.05, 0.1) is 6.54 Å². The Labute approximate surface area is 191 Å². The third-order valence-corrected chi connectivity index (χ3v) is 6.19. The molecule has 0 fully saturated rings. The summed E-state index contributed by atoms with van der Waals surface area (Å²) in [7, 11) is 0. The molecule has 1 aromatic carbocycles. The van der Waals surface area contributed by atoms with Gasteiger partial charge >= 0.3 is 11.6 Å². The van der Waals surface area contributed by atoms with Gasteiger partial charge in [-0.15, -0.1) is 0 Å². The molecule has 0 radical (unpaired) electrons. The molecular formula is C24H30N2O7. The molecule has 33 heavy (non-hydrogen) atoms. The minimum Gasteiger partial charge on any atom is -0.483 e. The van der Waals surface area contributed by atoms with Crippen molar-refractivity contribution in [3.63, 3.8) is 0 Å². The molecule has 0 bridgehead atoms. The first kappa shape index (κ1) is 24.3. The van der Waals surface area contributed by atoms with E-state index in [1.807, 2.05) is 13.0 Å². The number of hydrogen-bond acceptors (Lipinski definition) is 6. The summed E-state index contributed by atoms with van der Waals surface area (Å²) in [6, 6.07) is 2.57. The zero-order valence-corrected chi connectivity index (χ0v) is 19.2. The van der Waals surface area contributed by atoms with Gasteiger partial charge in [0.25, 0.3) is 5.91 Å². The largest absolute Gasteiger partial charge is 0.483 e. The quantitative estimate of drug-likeness (QED) is 0.490. The van der Waals surface area contributed by atoms with E-state index in [9.17, 15) is 24.3 Å². The van der Waals surface area contributed by atoms with Gasteiger partial charge in [-0.2, -0.15) is 0 Å². The van der Waals surface area contributed by atoms with Crippen LogP contribution >= 0.6 is 0 Å². The topological polar surface area (TPSA) is 135 Å². The van der Waals surface area contributed by atoms with Gasteiger partial charge in [0, 0.05) is 16.5 Å². The van der Waals surface area contributed by atoms with Crippen molar-refractivity contribution in [2.75, 3.05) is 13.2 Å². The second kappa shape index (κ2) is 10.5. The van der Waals surface area contributed by atoms with Gasteiger partial charge in [0.15, 0.2) is 6.61 Å². The first-order valence-corrected chi connectivity index (χ1v) is 11.2. The zero-order chi connectivity index (χ0) is 24.1. The molecule has 0 saturated heterocycles. The van der Waals surface area contributed by atoms with Crippen molar-refractivity contribution >= 4 is 28.8 Å². The number of fused-ring (bicyclic) bond motifs is 3. The van der Waals surface area contributed by atoms with E-state index in [0.717, 1.165) is 42.2 Å². The molecule has 0 saturated carbocycles. The number of hydrogen-bond donors (Lipinski definition) is 3. The van der Waals surface area contributed by atoms with Gasteiger partial charge in [-0.05, 0) is 56.2 Å². The highest BCUT2D eigenvalue weighted by molar-refractivity contribution is 5.89. The van der Waals surface area contributed by atoms with Gasteiger partial charge in [-0.1, -0.05) is 20.3 Å². The van der Waals surface area contributed by atoms with Crippen LogP contribution in [-0.4, -0.2) is 42.1 Å². The highest BCUT2D eigenvalue weighted by Crippen LogP contribution is 2.32. The van der Waals surface area contributed by atoms with E-state index >= 15 is 0 Å². The van der Waals surface area contributed by atoms with Gasteiger partial charge in [-0.25, -0.2) is 9.59 Å². The molecule has 1 aromatic heterocycles. The van der Waals surface area contributed by atoms with Crippen LogP contribution in [0.2, 0.25) is 0 Å². The molecule has 3 rings (SSSR count). The number of ether oxygens (including phenoxy) is 1. The Bertz CT molecular complexity index is 1120. The van der Waals surface area contributed by atoms with E-state index in [0.29, 0.717) is 23.3 Å². The van der Waals surface area contributed by atoms with Gasteiger partial charge in [0.1, 0.15) is 17.4 Å². The van der Waals surface area contributed by atoms with Crippen molar-refractivity contribution < 1.29 is 28.6 Å². The first-order chi connectivity index (χ1) is 15.7. The lowest BCUT2D eigenvalue weighted by atomic mass is 9.90. The molecule has 1 aliphatic carbocycles. The number of aliphatic carboxylic acids is 1. The molecule has 0 spiro atoms. The number of benzene rings is 1. The van der Waals surface area contributed by atoms with E-state index in [1.54, 1.807) is 19.9 Å². The lowest BCUT2D eigenvalue weighted by Crippen LogP contribution is -2.48. The van der Waals surface area contributed by atoms with Crippen LogP contribution in [0.5, 0.6) is 5.75 Å². The highest BCUT2D eigenvalue weighted by Gasteiger charge is 2.25. The molecule has 0 aliphatic heterocycles. The number of carboxylic acid groups (broad SMARTS) is 1. The molecule has 2 amide bonds. The monoisotopic (exact) mass is 458 g/mol. The van der Waals surface area contributed by atoms with Crippen molar-refractivity contribution in [3.8, 4) is 5.75 Å². The van der Waals surface area contributed by atoms with Crippen LogP contribution in [0.3, 0.4) is 0 Å². The number of carboxylic acids is 1. The fourth-order valence-corrected chi connectivity index (χ4v) is 4.06. The van der Waals surface area contributed by atoms with Crippen LogP contribution in [0.1, 0.15) is 49.8 Å². The van der Waals surface area contributed by atoms with E-state index in [-0.39, 0.29) is 24.7 Å². The molecule has 1 aliphatic rings. The average molecular weight is 459 g/mol. The van der Waals surface area contributed by atoms with Crippen molar-refractivity contribution in [1.82, 2.24) is 10.6 Å². The molecule has 178 valence electrons. The predicted molar refractivity (Wildman–Crippen MR) is 121 cm³/mol. The maximum atomic E-state index is 12.4. The predicted octanol–water partition coefficient (Wildman–Crippen LogP) is 2.09. The Morgan fingerprint density at radius 3 is 2.52 bits per heavy atom. The second-order valence-electron chi connectivity index (χ2n) is 8.45. The summed E-state index contributed by atoms with van der Waals surface area (Å²) < 4.78 is 11.2. The van der Waals surface area contributed by atoms with E-state index in [1.165, 1.54) is 0 Å². The Morgan fingerprint density at radius 1 is 1.15 bits per heavy atom. The van der Waals surface area contributed by atoms with Gasteiger partial charge in [-0.3, -0.25) is 9.59 Å². The molecule has 3 N–H and O–H groups in total. The third kappa shape index (κ3) is 5.53. The molecule has 9 heteroatoms. The minimum atomic E-state index is -1.12. The van der Waals surface area contributed by atoms with E-state index in [4.69, 9.17) is 9.15 Å². The molecule has 2 unspecified atom stereocenters. The van der Waals surface area contributed by atoms with Crippen molar-refractivity contribution in [3.05, 3.63) is 39.2 Å². The summed E-state index contributed by atoms with van der Waals surface area (Å²) in [4.78, 5) is 47.9. The average Bonchev–Trinajstić information content (AvgIpc) is 2.80. The highest BCUT2D eigenvalue weighted by atomic mass is 16.5. The van der Waals surface area contributed by atoms with Crippen LogP contribution in [0, 0.1) is 12.8 Å². The van der Waals surface area contributed by atoms with Crippen LogP contribution in [-0.2, 0) is 27.2 Å². The molecule has 1 heterocycles. The number of carbonyl (C=O) groups is 3. The van der Waals surface area contributed by atoms with Gasteiger partial charge < -0.3 is 24.9 Å². The number of nitrogens with one attached hydrogen (secondary N) is 2. The molecular weight excluding hydrogens is 428 g/mol. The smallest absolute Gasteiger partial charge is 0.339 e. The summed E-state index contributed by atoms with van der Waals surface area (Å²) in [5.41, 5.74) is 2.54. The lowest BCUT2D eigenvalue weighted by molar-refractivity contribution is -0.143. The van der Waals surface area contributed by atoms with Crippen molar-refractivity contribution in [1.29, 1.82) is 0 Å². The first-order valence-electron chi connectivity index (χ1n) is 11.2. The number of rotatable bonds is 9. The van der Waals surface area contributed by atoms with Crippen molar-refractivity contribution in [2.45, 2.75) is 58.9 Å². The minimum absolute atomic E-state index is 0.243. The summed E-state index contributed by atoms with van der Waals surface area (Å²) in [5.74, 6) is -2.08. The van der Waals surface area contributed by atoms with Crippen LogP contribution in [0.15, 0.2) is 21.3 Å². The van der Waals surface area contributed by atoms with Crippen LogP contribution in [0.25, 0.3) is 11.0 Å². The number of aryl methyl sites for hydroxylation is 2. The van der Waals surface area contributed by atoms with E-state index < -0.39 is 23.8 Å². The fourth-order valence-electron chi connectivity index (χ4n) is 4.06. The number of carbonyl (C=O) groups excluding carboxylic acids is 2. The summed E-state index contributed by atoms with van der Waals surface area (Å²) in [6.07, 6.45) is 4.16. The van der Waals surface area contributed by atoms with Gasteiger partial charge in [0.2, 0.25) is 5.91 Å². The summed E-state index contributed by atoms with van der Waals surface area (Å²) >= 11 is 0. The SMILES string of the molecule is CCC(C)C(NC(=O)CNC(=O)COc1ccc2c3c(c(=O)oc2c1C)CCCC3)C(=O)O. The Hall–Kier alpha value is -3.36. The van der Waals surface area contributed by atoms with Crippen molar-refractivity contribution in [2.24, 2.45) is 5.92 Å². The molecule has 2 atom stereocenters. The Kier molecular flexibility index (Phi) is 7.73. The number of amides is 2. The third-order valence-electron chi connectivity index (χ3n) is 6.19. The Balaban J connectivity index is 1.60. The van der Waals surface area contributed by atoms with E-state index in [2.05, 4.69) is 10.6 Å². The maximum Gasteiger partial charge on any atom is 0.339 e. The van der Waals surface area contributed by atoms with Crippen LogP contribution < -0.4 is 21.0 Å². The lowest BCUT2D eigenvalue weighted by Gasteiger charge is -2.20. The fraction of sp³-hybridized carbons (Fsp3) is 0.500. The van der Waals surface area contributed by atoms with Crippen LogP contribution in [0.4, 0.5) is 0 Å². The normalized spacial score (nSPS) is 14.8. The summed E-state index contributed by atoms with van der Waals surface area (Å²) in [5, 5.41) is 15.0.